The maximum Gasteiger partial charge on any atom is 0.407 e. The van der Waals surface area contributed by atoms with Crippen molar-refractivity contribution in [1.29, 1.82) is 0 Å². The Hall–Kier alpha value is -3.17. The van der Waals surface area contributed by atoms with E-state index in [0.717, 1.165) is 34.4 Å². The van der Waals surface area contributed by atoms with Gasteiger partial charge in [-0.3, -0.25) is 0 Å². The van der Waals surface area contributed by atoms with Gasteiger partial charge in [-0.25, -0.2) is 13.6 Å². The second-order valence-corrected chi connectivity index (χ2v) is 7.58. The van der Waals surface area contributed by atoms with Crippen LogP contribution in [0, 0.1) is 23.5 Å². The molecule has 0 aromatic heterocycles. The van der Waals surface area contributed by atoms with Crippen LogP contribution in [0.5, 0.6) is 0 Å². The number of ether oxygens (including phenoxy) is 1. The Bertz CT molecular complexity index is 1140. The van der Waals surface area contributed by atoms with Crippen LogP contribution in [-0.4, -0.2) is 19.2 Å². The van der Waals surface area contributed by atoms with E-state index in [1.807, 2.05) is 36.4 Å². The first kappa shape index (κ1) is 20.1. The number of carbonyl (C=O) groups excluding carboxylic acids is 1. The minimum atomic E-state index is -0.642. The highest BCUT2D eigenvalue weighted by molar-refractivity contribution is 9.10. The summed E-state index contributed by atoms with van der Waals surface area (Å²) in [4.78, 5) is 12.1. The van der Waals surface area contributed by atoms with Gasteiger partial charge in [-0.1, -0.05) is 60.4 Å². The molecule has 0 atom stereocenters. The van der Waals surface area contributed by atoms with Crippen LogP contribution < -0.4 is 5.32 Å². The first-order valence-corrected chi connectivity index (χ1v) is 10.1. The van der Waals surface area contributed by atoms with Gasteiger partial charge >= 0.3 is 6.09 Å². The zero-order valence-electron chi connectivity index (χ0n) is 15.7. The summed E-state index contributed by atoms with van der Waals surface area (Å²) in [6, 6.07) is 18.1. The van der Waals surface area contributed by atoms with Crippen molar-refractivity contribution in [2.24, 2.45) is 0 Å². The van der Waals surface area contributed by atoms with E-state index in [2.05, 4.69) is 45.2 Å². The maximum atomic E-state index is 13.7. The number of rotatable bonds is 3. The van der Waals surface area contributed by atoms with Crippen molar-refractivity contribution in [3.05, 3.63) is 93.5 Å². The maximum absolute atomic E-state index is 13.7. The van der Waals surface area contributed by atoms with E-state index >= 15 is 0 Å². The van der Waals surface area contributed by atoms with Gasteiger partial charge < -0.3 is 10.1 Å². The highest BCUT2D eigenvalue weighted by atomic mass is 79.9. The number of benzene rings is 3. The van der Waals surface area contributed by atoms with Crippen molar-refractivity contribution in [2.75, 3.05) is 13.2 Å². The van der Waals surface area contributed by atoms with Crippen LogP contribution in [0.3, 0.4) is 0 Å². The Morgan fingerprint density at radius 2 is 1.63 bits per heavy atom. The van der Waals surface area contributed by atoms with Gasteiger partial charge in [-0.2, -0.15) is 0 Å². The highest BCUT2D eigenvalue weighted by Crippen LogP contribution is 2.44. The predicted octanol–water partition coefficient (Wildman–Crippen LogP) is 5.62. The molecule has 0 radical (unpaired) electrons. The Kier molecular flexibility index (Phi) is 5.82. The summed E-state index contributed by atoms with van der Waals surface area (Å²) in [7, 11) is 0. The Labute approximate surface area is 181 Å². The molecule has 0 spiro atoms. The van der Waals surface area contributed by atoms with Crippen LogP contribution in [0.15, 0.2) is 65.1 Å². The van der Waals surface area contributed by atoms with Crippen LogP contribution in [0.25, 0.3) is 11.1 Å². The molecule has 1 aliphatic rings. The number of hydrogen-bond acceptors (Lipinski definition) is 2. The smallest absolute Gasteiger partial charge is 0.407 e. The first-order chi connectivity index (χ1) is 14.5. The van der Waals surface area contributed by atoms with Crippen LogP contribution in [0.1, 0.15) is 22.6 Å². The summed E-state index contributed by atoms with van der Waals surface area (Å²) in [6.07, 6.45) is -0.617. The van der Waals surface area contributed by atoms with Gasteiger partial charge in [-0.15, -0.1) is 0 Å². The number of amides is 1. The van der Waals surface area contributed by atoms with Gasteiger partial charge in [0.25, 0.3) is 0 Å². The summed E-state index contributed by atoms with van der Waals surface area (Å²) < 4.78 is 32.6. The Morgan fingerprint density at radius 3 is 2.30 bits per heavy atom. The summed E-state index contributed by atoms with van der Waals surface area (Å²) >= 11 is 2.91. The van der Waals surface area contributed by atoms with Crippen molar-refractivity contribution in [3.63, 3.8) is 0 Å². The molecule has 1 amide bonds. The largest absolute Gasteiger partial charge is 0.449 e. The third-order valence-corrected chi connectivity index (χ3v) is 5.51. The van der Waals surface area contributed by atoms with Gasteiger partial charge in [-0.05, 0) is 50.3 Å². The summed E-state index contributed by atoms with van der Waals surface area (Å²) in [5, 5.41) is 2.51. The monoisotopic (exact) mass is 467 g/mol. The number of alkyl carbamates (subject to hydrolysis) is 1. The molecule has 6 heteroatoms. The number of nitrogens with one attached hydrogen (secondary N) is 1. The predicted molar refractivity (Wildman–Crippen MR) is 114 cm³/mol. The van der Waals surface area contributed by atoms with Crippen molar-refractivity contribution in [3.8, 4) is 23.0 Å². The number of carbonyl (C=O) groups is 1. The molecule has 0 saturated carbocycles. The molecule has 3 aromatic rings. The molecule has 1 N–H and O–H groups in total. The van der Waals surface area contributed by atoms with E-state index in [-0.39, 0.29) is 29.1 Å². The lowest BCUT2D eigenvalue weighted by atomic mass is 9.98. The molecule has 4 rings (SSSR count). The van der Waals surface area contributed by atoms with E-state index in [1.165, 1.54) is 0 Å². The molecule has 1 aliphatic carbocycles. The Balaban J connectivity index is 1.36. The molecule has 30 heavy (non-hydrogen) atoms. The molecule has 0 unspecified atom stereocenters. The fourth-order valence-corrected chi connectivity index (χ4v) is 3.84. The third kappa shape index (κ3) is 4.07. The summed E-state index contributed by atoms with van der Waals surface area (Å²) in [5.41, 5.74) is 4.47. The second-order valence-electron chi connectivity index (χ2n) is 6.73. The highest BCUT2D eigenvalue weighted by Gasteiger charge is 2.28. The zero-order valence-corrected chi connectivity index (χ0v) is 17.3. The Morgan fingerprint density at radius 1 is 1.00 bits per heavy atom. The van der Waals surface area contributed by atoms with Crippen LogP contribution in [0.4, 0.5) is 13.6 Å². The molecule has 0 saturated heterocycles. The molecule has 0 fully saturated rings. The summed E-state index contributed by atoms with van der Waals surface area (Å²) in [6.45, 7) is 0.146. The fraction of sp³-hybridized carbons (Fsp3) is 0.125. The molecule has 0 heterocycles. The van der Waals surface area contributed by atoms with Crippen molar-refractivity contribution in [1.82, 2.24) is 5.32 Å². The van der Waals surface area contributed by atoms with Crippen LogP contribution >= 0.6 is 15.9 Å². The average Bonchev–Trinajstić information content (AvgIpc) is 3.07. The number of halogens is 3. The van der Waals surface area contributed by atoms with E-state index in [1.54, 1.807) is 0 Å². The van der Waals surface area contributed by atoms with Gasteiger partial charge in [0.1, 0.15) is 18.2 Å². The van der Waals surface area contributed by atoms with Crippen LogP contribution in [-0.2, 0) is 4.74 Å². The van der Waals surface area contributed by atoms with E-state index in [9.17, 15) is 13.6 Å². The lowest BCUT2D eigenvalue weighted by molar-refractivity contribution is 0.144. The lowest BCUT2D eigenvalue weighted by Crippen LogP contribution is -2.26. The minimum Gasteiger partial charge on any atom is -0.449 e. The SMILES string of the molecule is O=C(NCC#Cc1cc(F)c(Br)cc1F)OCC1c2ccccc2-c2ccccc21. The molecule has 3 nitrogen and oxygen atoms in total. The van der Waals surface area contributed by atoms with E-state index in [4.69, 9.17) is 4.74 Å². The van der Waals surface area contributed by atoms with Crippen LogP contribution in [0.2, 0.25) is 0 Å². The van der Waals surface area contributed by atoms with E-state index < -0.39 is 17.7 Å². The second kappa shape index (κ2) is 8.68. The fourth-order valence-electron chi connectivity index (χ4n) is 3.52. The molecule has 3 aromatic carbocycles. The average molecular weight is 468 g/mol. The standard InChI is InChI=1S/C24H16BrF2NO2/c25-21-13-22(26)15(12-23(21)27)6-5-11-28-24(29)30-14-20-18-9-3-1-7-16(18)17-8-2-4-10-19(17)20/h1-4,7-10,12-13,20H,11,14H2,(H,28,29). The number of fused-ring (bicyclic) bond motifs is 3. The number of hydrogen-bond donors (Lipinski definition) is 1. The molecule has 0 bridgehead atoms. The molecular formula is C24H16BrF2NO2. The summed E-state index contributed by atoms with van der Waals surface area (Å²) in [5.74, 6) is 3.82. The zero-order chi connectivity index (χ0) is 21.1. The molecular weight excluding hydrogens is 452 g/mol. The van der Waals surface area contributed by atoms with Gasteiger partial charge in [0.15, 0.2) is 0 Å². The van der Waals surface area contributed by atoms with Gasteiger partial charge in [0.05, 0.1) is 16.6 Å². The molecule has 150 valence electrons. The first-order valence-electron chi connectivity index (χ1n) is 9.27. The van der Waals surface area contributed by atoms with Crippen molar-refractivity contribution >= 4 is 22.0 Å². The quantitative estimate of drug-likeness (QED) is 0.401. The molecule has 0 aliphatic heterocycles. The lowest BCUT2D eigenvalue weighted by Gasteiger charge is -2.14. The third-order valence-electron chi connectivity index (χ3n) is 4.90. The van der Waals surface area contributed by atoms with Crippen molar-refractivity contribution in [2.45, 2.75) is 5.92 Å². The van der Waals surface area contributed by atoms with Gasteiger partial charge in [0.2, 0.25) is 0 Å². The normalized spacial score (nSPS) is 11.8. The van der Waals surface area contributed by atoms with Gasteiger partial charge in [0, 0.05) is 5.92 Å². The van der Waals surface area contributed by atoms with Crippen molar-refractivity contribution < 1.29 is 18.3 Å². The van der Waals surface area contributed by atoms with E-state index in [0.29, 0.717) is 0 Å². The minimum absolute atomic E-state index is 0.0299. The topological polar surface area (TPSA) is 38.3 Å².